The first-order chi connectivity index (χ1) is 9.00. The van der Waals surface area contributed by atoms with E-state index in [2.05, 4.69) is 5.32 Å². The van der Waals surface area contributed by atoms with Crippen molar-refractivity contribution in [1.82, 2.24) is 5.32 Å². The summed E-state index contributed by atoms with van der Waals surface area (Å²) in [5.74, 6) is 0. The third-order valence-electron chi connectivity index (χ3n) is 3.02. The summed E-state index contributed by atoms with van der Waals surface area (Å²) in [5, 5.41) is 3.12. The van der Waals surface area contributed by atoms with Gasteiger partial charge in [-0.15, -0.1) is 0 Å². The molecule has 1 heterocycles. The summed E-state index contributed by atoms with van der Waals surface area (Å²) in [5.41, 5.74) is 1.19. The molecular formula is C14H14F3NO. The zero-order valence-electron chi connectivity index (χ0n) is 10.4. The minimum atomic E-state index is -4.29. The Balaban J connectivity index is 2.11. The highest BCUT2D eigenvalue weighted by atomic mass is 19.4. The van der Waals surface area contributed by atoms with Crippen molar-refractivity contribution in [3.8, 4) is 0 Å². The van der Waals surface area contributed by atoms with Crippen LogP contribution in [0.2, 0.25) is 0 Å². The third kappa shape index (κ3) is 3.38. The van der Waals surface area contributed by atoms with Gasteiger partial charge in [0.1, 0.15) is 0 Å². The van der Waals surface area contributed by atoms with E-state index in [-0.39, 0.29) is 6.04 Å². The predicted molar refractivity (Wildman–Crippen MR) is 65.7 cm³/mol. The zero-order chi connectivity index (χ0) is 13.9. The highest BCUT2D eigenvalue weighted by molar-refractivity contribution is 5.26. The van der Waals surface area contributed by atoms with Gasteiger partial charge in [-0.1, -0.05) is 12.1 Å². The van der Waals surface area contributed by atoms with Gasteiger partial charge < -0.3 is 9.73 Å². The van der Waals surface area contributed by atoms with E-state index in [1.165, 1.54) is 12.1 Å². The molecule has 0 aliphatic rings. The van der Waals surface area contributed by atoms with Gasteiger partial charge in [0.05, 0.1) is 18.1 Å². The van der Waals surface area contributed by atoms with Crippen molar-refractivity contribution >= 4 is 0 Å². The normalized spacial score (nSPS) is 13.5. The minimum absolute atomic E-state index is 0.0236. The molecule has 19 heavy (non-hydrogen) atoms. The molecule has 0 bridgehead atoms. The maximum atomic E-state index is 12.4. The average molecular weight is 269 g/mol. The van der Waals surface area contributed by atoms with Crippen LogP contribution in [0.25, 0.3) is 0 Å². The van der Waals surface area contributed by atoms with E-state index in [1.807, 2.05) is 13.1 Å². The lowest BCUT2D eigenvalue weighted by atomic mass is 10.0. The van der Waals surface area contributed by atoms with Gasteiger partial charge in [0.25, 0.3) is 0 Å². The first-order valence-electron chi connectivity index (χ1n) is 5.86. The second-order valence-corrected chi connectivity index (χ2v) is 4.30. The summed E-state index contributed by atoms with van der Waals surface area (Å²) in [7, 11) is 1.81. The Labute approximate surface area is 109 Å². The molecule has 0 saturated carbocycles. The van der Waals surface area contributed by atoms with Crippen molar-refractivity contribution in [3.63, 3.8) is 0 Å². The van der Waals surface area contributed by atoms with E-state index < -0.39 is 11.7 Å². The van der Waals surface area contributed by atoms with E-state index in [9.17, 15) is 13.2 Å². The zero-order valence-corrected chi connectivity index (χ0v) is 10.4. The second kappa shape index (κ2) is 5.48. The topological polar surface area (TPSA) is 25.2 Å². The maximum Gasteiger partial charge on any atom is 0.416 e. The molecule has 0 saturated heterocycles. The Hall–Kier alpha value is -1.75. The van der Waals surface area contributed by atoms with Crippen LogP contribution in [0.1, 0.15) is 22.7 Å². The predicted octanol–water partition coefficient (Wildman–Crippen LogP) is 3.80. The van der Waals surface area contributed by atoms with E-state index in [0.717, 1.165) is 23.3 Å². The first kappa shape index (κ1) is 13.7. The van der Waals surface area contributed by atoms with Crippen LogP contribution in [0.5, 0.6) is 0 Å². The van der Waals surface area contributed by atoms with Gasteiger partial charge in [-0.05, 0) is 37.2 Å². The fraction of sp³-hybridized carbons (Fsp3) is 0.286. The van der Waals surface area contributed by atoms with E-state index in [4.69, 9.17) is 4.42 Å². The molecule has 1 N–H and O–H groups in total. The lowest BCUT2D eigenvalue weighted by molar-refractivity contribution is -0.137. The van der Waals surface area contributed by atoms with Crippen molar-refractivity contribution in [2.24, 2.45) is 0 Å². The third-order valence-corrected chi connectivity index (χ3v) is 3.02. The fourth-order valence-electron chi connectivity index (χ4n) is 1.93. The number of benzene rings is 1. The molecule has 2 rings (SSSR count). The van der Waals surface area contributed by atoms with Gasteiger partial charge in [-0.25, -0.2) is 0 Å². The summed E-state index contributed by atoms with van der Waals surface area (Å²) in [6.45, 7) is 0. The number of furan rings is 1. The van der Waals surface area contributed by atoms with E-state index in [0.29, 0.717) is 6.42 Å². The monoisotopic (exact) mass is 269 g/mol. The van der Waals surface area contributed by atoms with Crippen LogP contribution in [0.3, 0.4) is 0 Å². The SMILES string of the molecule is CNC(Cc1ccc(C(F)(F)F)cc1)c1ccoc1. The van der Waals surface area contributed by atoms with Gasteiger partial charge in [0.2, 0.25) is 0 Å². The smallest absolute Gasteiger partial charge is 0.416 e. The summed E-state index contributed by atoms with van der Waals surface area (Å²) in [6.07, 6.45) is -0.475. The van der Waals surface area contributed by atoms with Crippen LogP contribution >= 0.6 is 0 Å². The molecular weight excluding hydrogens is 255 g/mol. The van der Waals surface area contributed by atoms with Crippen molar-refractivity contribution in [1.29, 1.82) is 0 Å². The number of hydrogen-bond donors (Lipinski definition) is 1. The molecule has 1 atom stereocenters. The second-order valence-electron chi connectivity index (χ2n) is 4.30. The van der Waals surface area contributed by atoms with Crippen LogP contribution in [-0.4, -0.2) is 7.05 Å². The first-order valence-corrected chi connectivity index (χ1v) is 5.86. The van der Waals surface area contributed by atoms with Crippen molar-refractivity contribution in [2.75, 3.05) is 7.05 Å². The summed E-state index contributed by atoms with van der Waals surface area (Å²) in [4.78, 5) is 0. The number of nitrogens with one attached hydrogen (secondary N) is 1. The number of alkyl halides is 3. The van der Waals surface area contributed by atoms with Crippen molar-refractivity contribution in [2.45, 2.75) is 18.6 Å². The van der Waals surface area contributed by atoms with Gasteiger partial charge in [0.15, 0.2) is 0 Å². The van der Waals surface area contributed by atoms with Crippen LogP contribution < -0.4 is 5.32 Å². The summed E-state index contributed by atoms with van der Waals surface area (Å²) < 4.78 is 42.4. The molecule has 0 amide bonds. The molecule has 5 heteroatoms. The van der Waals surface area contributed by atoms with Crippen molar-refractivity contribution in [3.05, 3.63) is 59.5 Å². The maximum absolute atomic E-state index is 12.4. The Morgan fingerprint density at radius 1 is 1.16 bits per heavy atom. The quantitative estimate of drug-likeness (QED) is 0.913. The number of hydrogen-bond acceptors (Lipinski definition) is 2. The van der Waals surface area contributed by atoms with Crippen molar-refractivity contribution < 1.29 is 17.6 Å². The largest absolute Gasteiger partial charge is 0.472 e. The summed E-state index contributed by atoms with van der Waals surface area (Å²) >= 11 is 0. The Kier molecular flexibility index (Phi) is 3.95. The standard InChI is InChI=1S/C14H14F3NO/c1-18-13(11-6-7-19-9-11)8-10-2-4-12(5-3-10)14(15,16)17/h2-7,9,13,18H,8H2,1H3. The molecule has 1 aromatic heterocycles. The molecule has 2 nitrogen and oxygen atoms in total. The Morgan fingerprint density at radius 3 is 2.32 bits per heavy atom. The van der Waals surface area contributed by atoms with E-state index in [1.54, 1.807) is 12.5 Å². The van der Waals surface area contributed by atoms with Gasteiger partial charge in [-0.3, -0.25) is 0 Å². The van der Waals surface area contributed by atoms with Crippen LogP contribution in [0.15, 0.2) is 47.3 Å². The van der Waals surface area contributed by atoms with Crippen LogP contribution in [0.4, 0.5) is 13.2 Å². The molecule has 0 spiro atoms. The molecule has 2 aromatic rings. The molecule has 1 unspecified atom stereocenters. The molecule has 0 aliphatic carbocycles. The molecule has 102 valence electrons. The lowest BCUT2D eigenvalue weighted by Crippen LogP contribution is -2.18. The average Bonchev–Trinajstić information content (AvgIpc) is 2.89. The molecule has 0 fully saturated rings. The summed E-state index contributed by atoms with van der Waals surface area (Å²) in [6, 6.07) is 7.09. The highest BCUT2D eigenvalue weighted by Gasteiger charge is 2.30. The fourth-order valence-corrected chi connectivity index (χ4v) is 1.93. The molecule has 1 aromatic carbocycles. The Bertz CT molecular complexity index is 502. The number of halogens is 3. The van der Waals surface area contributed by atoms with Crippen LogP contribution in [-0.2, 0) is 12.6 Å². The molecule has 0 radical (unpaired) electrons. The van der Waals surface area contributed by atoms with Gasteiger partial charge >= 0.3 is 6.18 Å². The minimum Gasteiger partial charge on any atom is -0.472 e. The lowest BCUT2D eigenvalue weighted by Gasteiger charge is -2.15. The van der Waals surface area contributed by atoms with Gasteiger partial charge in [-0.2, -0.15) is 13.2 Å². The van der Waals surface area contributed by atoms with E-state index >= 15 is 0 Å². The number of rotatable bonds is 4. The highest BCUT2D eigenvalue weighted by Crippen LogP contribution is 2.29. The van der Waals surface area contributed by atoms with Crippen LogP contribution in [0, 0.1) is 0 Å². The molecule has 0 aliphatic heterocycles. The Morgan fingerprint density at radius 2 is 1.84 bits per heavy atom. The van der Waals surface area contributed by atoms with Gasteiger partial charge in [0, 0.05) is 11.6 Å². The number of likely N-dealkylation sites (N-methyl/N-ethyl adjacent to an activating group) is 1.